The summed E-state index contributed by atoms with van der Waals surface area (Å²) in [5, 5.41) is 0. The van der Waals surface area contributed by atoms with Gasteiger partial charge in [-0.05, 0) is 18.6 Å². The van der Waals surface area contributed by atoms with Gasteiger partial charge in [0.15, 0.2) is 6.29 Å². The summed E-state index contributed by atoms with van der Waals surface area (Å²) in [6, 6.07) is 4.26. The fraction of sp³-hybridized carbons (Fsp3) is 0.364. The van der Waals surface area contributed by atoms with E-state index < -0.39 is 5.82 Å². The van der Waals surface area contributed by atoms with Crippen LogP contribution in [0.15, 0.2) is 18.2 Å². The largest absolute Gasteiger partial charge is 0.493 e. The lowest BCUT2D eigenvalue weighted by Crippen LogP contribution is -1.97. The summed E-state index contributed by atoms with van der Waals surface area (Å²) in [6.45, 7) is 2.63. The van der Waals surface area contributed by atoms with Crippen molar-refractivity contribution in [2.45, 2.75) is 19.8 Å². The number of ether oxygens (including phenoxy) is 1. The molecule has 0 aliphatic carbocycles. The Bertz CT molecular complexity index is 310. The number of hydrogen-bond acceptors (Lipinski definition) is 2. The molecule has 0 radical (unpaired) electrons. The molecule has 3 heteroatoms. The zero-order valence-corrected chi connectivity index (χ0v) is 8.13. The summed E-state index contributed by atoms with van der Waals surface area (Å²) in [5.74, 6) is -0.0597. The topological polar surface area (TPSA) is 26.3 Å². The van der Waals surface area contributed by atoms with Crippen molar-refractivity contribution in [3.8, 4) is 5.75 Å². The highest BCUT2D eigenvalue weighted by atomic mass is 19.1. The normalized spacial score (nSPS) is 9.86. The molecule has 0 atom stereocenters. The van der Waals surface area contributed by atoms with Crippen LogP contribution in [-0.2, 0) is 0 Å². The van der Waals surface area contributed by atoms with Crippen LogP contribution < -0.4 is 4.74 Å². The summed E-state index contributed by atoms with van der Waals surface area (Å²) in [7, 11) is 0. The van der Waals surface area contributed by atoms with Gasteiger partial charge in [0.25, 0.3) is 0 Å². The van der Waals surface area contributed by atoms with Crippen LogP contribution in [0.1, 0.15) is 30.1 Å². The minimum atomic E-state index is -0.533. The van der Waals surface area contributed by atoms with E-state index >= 15 is 0 Å². The van der Waals surface area contributed by atoms with Gasteiger partial charge >= 0.3 is 0 Å². The summed E-state index contributed by atoms with van der Waals surface area (Å²) in [6.07, 6.45) is 2.47. The number of carbonyl (C=O) groups excluding carboxylic acids is 1. The maximum absolute atomic E-state index is 13.0. The van der Waals surface area contributed by atoms with E-state index in [4.69, 9.17) is 4.74 Å². The maximum Gasteiger partial charge on any atom is 0.152 e. The Hall–Kier alpha value is -1.38. The second-order valence-electron chi connectivity index (χ2n) is 3.00. The van der Waals surface area contributed by atoms with E-state index in [9.17, 15) is 9.18 Å². The molecule has 14 heavy (non-hydrogen) atoms. The number of carbonyl (C=O) groups is 1. The SMILES string of the molecule is CCCCOc1ccc(C=O)c(F)c1. The Labute approximate surface area is 82.7 Å². The molecule has 0 amide bonds. The lowest BCUT2D eigenvalue weighted by molar-refractivity contribution is 0.111. The Morgan fingerprint density at radius 2 is 2.29 bits per heavy atom. The van der Waals surface area contributed by atoms with E-state index in [2.05, 4.69) is 6.92 Å². The van der Waals surface area contributed by atoms with E-state index in [1.54, 1.807) is 6.07 Å². The van der Waals surface area contributed by atoms with Crippen LogP contribution in [-0.4, -0.2) is 12.9 Å². The first kappa shape index (κ1) is 10.7. The quantitative estimate of drug-likeness (QED) is 0.534. The van der Waals surface area contributed by atoms with Crippen LogP contribution in [0.2, 0.25) is 0 Å². The van der Waals surface area contributed by atoms with Gasteiger partial charge in [-0.15, -0.1) is 0 Å². The molecule has 1 rings (SSSR count). The van der Waals surface area contributed by atoms with Gasteiger partial charge in [0.2, 0.25) is 0 Å². The third-order valence-corrected chi connectivity index (χ3v) is 1.87. The minimum absolute atomic E-state index is 0.0628. The maximum atomic E-state index is 13.0. The first-order chi connectivity index (χ1) is 6.77. The smallest absolute Gasteiger partial charge is 0.152 e. The zero-order chi connectivity index (χ0) is 10.4. The minimum Gasteiger partial charge on any atom is -0.493 e. The number of halogens is 1. The molecule has 0 spiro atoms. The van der Waals surface area contributed by atoms with Crippen molar-refractivity contribution >= 4 is 6.29 Å². The van der Waals surface area contributed by atoms with Crippen LogP contribution in [0.4, 0.5) is 4.39 Å². The fourth-order valence-electron chi connectivity index (χ4n) is 1.03. The molecule has 0 aromatic heterocycles. The molecule has 2 nitrogen and oxygen atoms in total. The van der Waals surface area contributed by atoms with Crippen molar-refractivity contribution in [2.24, 2.45) is 0 Å². The van der Waals surface area contributed by atoms with Gasteiger partial charge in [-0.25, -0.2) is 4.39 Å². The predicted molar refractivity (Wildman–Crippen MR) is 52.2 cm³/mol. The highest BCUT2D eigenvalue weighted by Crippen LogP contribution is 2.15. The lowest BCUT2D eigenvalue weighted by Gasteiger charge is -2.05. The van der Waals surface area contributed by atoms with Gasteiger partial charge in [0.1, 0.15) is 11.6 Å². The zero-order valence-electron chi connectivity index (χ0n) is 8.13. The summed E-state index contributed by atoms with van der Waals surface area (Å²) >= 11 is 0. The van der Waals surface area contributed by atoms with Crippen LogP contribution in [0.5, 0.6) is 5.75 Å². The van der Waals surface area contributed by atoms with Gasteiger partial charge in [0.05, 0.1) is 12.2 Å². The van der Waals surface area contributed by atoms with Gasteiger partial charge in [-0.1, -0.05) is 13.3 Å². The van der Waals surface area contributed by atoms with Crippen LogP contribution in [0.25, 0.3) is 0 Å². The second kappa shape index (κ2) is 5.37. The molecule has 0 heterocycles. The second-order valence-corrected chi connectivity index (χ2v) is 3.00. The molecule has 0 aliphatic heterocycles. The number of benzene rings is 1. The average Bonchev–Trinajstić information content (AvgIpc) is 2.18. The number of unbranched alkanes of at least 4 members (excludes halogenated alkanes) is 1. The highest BCUT2D eigenvalue weighted by molar-refractivity contribution is 5.75. The molecule has 1 aromatic rings. The summed E-state index contributed by atoms with van der Waals surface area (Å²) in [4.78, 5) is 10.3. The molecular formula is C11H13FO2. The monoisotopic (exact) mass is 196 g/mol. The third kappa shape index (κ3) is 2.83. The molecule has 0 unspecified atom stereocenters. The Morgan fingerprint density at radius 1 is 1.50 bits per heavy atom. The number of aldehydes is 1. The lowest BCUT2D eigenvalue weighted by atomic mass is 10.2. The Morgan fingerprint density at radius 3 is 2.86 bits per heavy atom. The predicted octanol–water partition coefficient (Wildman–Crippen LogP) is 2.82. The van der Waals surface area contributed by atoms with Crippen molar-refractivity contribution in [1.29, 1.82) is 0 Å². The van der Waals surface area contributed by atoms with Crippen LogP contribution in [0, 0.1) is 5.82 Å². The van der Waals surface area contributed by atoms with Gasteiger partial charge in [-0.2, -0.15) is 0 Å². The van der Waals surface area contributed by atoms with Crippen molar-refractivity contribution in [3.63, 3.8) is 0 Å². The van der Waals surface area contributed by atoms with E-state index in [1.165, 1.54) is 12.1 Å². The van der Waals surface area contributed by atoms with Gasteiger partial charge in [0, 0.05) is 6.07 Å². The fourth-order valence-corrected chi connectivity index (χ4v) is 1.03. The molecule has 0 aliphatic rings. The molecule has 0 saturated carbocycles. The molecule has 76 valence electrons. The Balaban J connectivity index is 2.62. The van der Waals surface area contributed by atoms with Crippen molar-refractivity contribution in [3.05, 3.63) is 29.6 Å². The average molecular weight is 196 g/mol. The van der Waals surface area contributed by atoms with Crippen molar-refractivity contribution in [1.82, 2.24) is 0 Å². The van der Waals surface area contributed by atoms with Crippen LogP contribution >= 0.6 is 0 Å². The molecule has 0 bridgehead atoms. The van der Waals surface area contributed by atoms with Crippen molar-refractivity contribution < 1.29 is 13.9 Å². The molecule has 0 N–H and O–H groups in total. The molecular weight excluding hydrogens is 183 g/mol. The van der Waals surface area contributed by atoms with Gasteiger partial charge in [-0.3, -0.25) is 4.79 Å². The third-order valence-electron chi connectivity index (χ3n) is 1.87. The standard InChI is InChI=1S/C11H13FO2/c1-2-3-6-14-10-5-4-9(8-13)11(12)7-10/h4-5,7-8H,2-3,6H2,1H3. The first-order valence-electron chi connectivity index (χ1n) is 4.65. The Kier molecular flexibility index (Phi) is 4.11. The molecule has 0 fully saturated rings. The van der Waals surface area contributed by atoms with Crippen molar-refractivity contribution in [2.75, 3.05) is 6.61 Å². The highest BCUT2D eigenvalue weighted by Gasteiger charge is 2.02. The summed E-state index contributed by atoms with van der Waals surface area (Å²) in [5.41, 5.74) is 0.0628. The van der Waals surface area contributed by atoms with E-state index in [-0.39, 0.29) is 5.56 Å². The van der Waals surface area contributed by atoms with E-state index in [0.29, 0.717) is 18.6 Å². The van der Waals surface area contributed by atoms with Gasteiger partial charge < -0.3 is 4.74 Å². The molecule has 1 aromatic carbocycles. The number of hydrogen-bond donors (Lipinski definition) is 0. The number of rotatable bonds is 5. The molecule has 0 saturated heterocycles. The van der Waals surface area contributed by atoms with E-state index in [0.717, 1.165) is 12.8 Å². The first-order valence-corrected chi connectivity index (χ1v) is 4.65. The van der Waals surface area contributed by atoms with Crippen LogP contribution in [0.3, 0.4) is 0 Å². The summed E-state index contributed by atoms with van der Waals surface area (Å²) < 4.78 is 18.3. The van der Waals surface area contributed by atoms with E-state index in [1.807, 2.05) is 0 Å².